The minimum atomic E-state index is -3.36. The highest BCUT2D eigenvalue weighted by Gasteiger charge is 2.33. The minimum absolute atomic E-state index is 0.173. The van der Waals surface area contributed by atoms with Gasteiger partial charge >= 0.3 is 0 Å². The van der Waals surface area contributed by atoms with Gasteiger partial charge in [-0.3, -0.25) is 0 Å². The fourth-order valence-corrected chi connectivity index (χ4v) is 5.91. The summed E-state index contributed by atoms with van der Waals surface area (Å²) in [6.45, 7) is 2.48. The fourth-order valence-electron chi connectivity index (χ4n) is 2.72. The van der Waals surface area contributed by atoms with Gasteiger partial charge in [0.05, 0.1) is 0 Å². The fraction of sp³-hybridized carbons (Fsp3) is 0.692. The molecule has 0 amide bonds. The summed E-state index contributed by atoms with van der Waals surface area (Å²) in [7, 11) is 0.208. The second-order valence-corrected chi connectivity index (χ2v) is 8.06. The van der Waals surface area contributed by atoms with Crippen molar-refractivity contribution in [1.29, 1.82) is 0 Å². The Bertz CT molecular complexity index is 531. The van der Waals surface area contributed by atoms with Crippen molar-refractivity contribution < 1.29 is 8.42 Å². The largest absolute Gasteiger partial charge is 0.315 e. The molecule has 108 valence electrons. The van der Waals surface area contributed by atoms with E-state index in [2.05, 4.69) is 5.32 Å². The molecule has 1 aromatic rings. The average molecular weight is 302 g/mol. The summed E-state index contributed by atoms with van der Waals surface area (Å²) in [5.41, 5.74) is 0.861. The van der Waals surface area contributed by atoms with Crippen molar-refractivity contribution >= 4 is 21.4 Å². The van der Waals surface area contributed by atoms with Gasteiger partial charge in [-0.1, -0.05) is 12.8 Å². The lowest BCUT2D eigenvalue weighted by atomic mass is 10.3. The van der Waals surface area contributed by atoms with Crippen LogP contribution in [0.1, 0.15) is 36.1 Å². The van der Waals surface area contributed by atoms with Gasteiger partial charge in [-0.05, 0) is 37.8 Å². The van der Waals surface area contributed by atoms with Gasteiger partial charge in [-0.15, -0.1) is 11.3 Å². The Morgan fingerprint density at radius 2 is 2.05 bits per heavy atom. The molecule has 0 saturated heterocycles. The topological polar surface area (TPSA) is 49.4 Å². The first-order valence-corrected chi connectivity index (χ1v) is 9.00. The van der Waals surface area contributed by atoms with Gasteiger partial charge in [0.15, 0.2) is 0 Å². The molecule has 6 heteroatoms. The molecule has 19 heavy (non-hydrogen) atoms. The molecular formula is C13H22N2O2S2. The summed E-state index contributed by atoms with van der Waals surface area (Å²) in [6.07, 6.45) is 4.24. The predicted octanol–water partition coefficient (Wildman–Crippen LogP) is 2.34. The zero-order valence-electron chi connectivity index (χ0n) is 11.8. The maximum atomic E-state index is 12.8. The summed E-state index contributed by atoms with van der Waals surface area (Å²) in [4.78, 5) is 1.42. The molecule has 0 spiro atoms. The van der Waals surface area contributed by atoms with Crippen molar-refractivity contribution in [2.75, 3.05) is 14.1 Å². The molecule has 1 N–H and O–H groups in total. The third-order valence-corrected chi connectivity index (χ3v) is 7.18. The molecule has 0 aromatic carbocycles. The summed E-state index contributed by atoms with van der Waals surface area (Å²) >= 11 is 1.52. The van der Waals surface area contributed by atoms with E-state index in [1.54, 1.807) is 11.4 Å². The zero-order valence-corrected chi connectivity index (χ0v) is 13.4. The van der Waals surface area contributed by atoms with Crippen molar-refractivity contribution in [3.63, 3.8) is 0 Å². The third kappa shape index (κ3) is 2.86. The van der Waals surface area contributed by atoms with Crippen molar-refractivity contribution in [2.24, 2.45) is 0 Å². The SMILES string of the molecule is CNCc1scc(C)c1S(=O)(=O)N(C)C1CCCC1. The first kappa shape index (κ1) is 15.0. The van der Waals surface area contributed by atoms with E-state index in [1.165, 1.54) is 11.3 Å². The summed E-state index contributed by atoms with van der Waals surface area (Å²) in [5, 5.41) is 4.98. The molecule has 0 atom stereocenters. The van der Waals surface area contributed by atoms with Crippen LogP contribution in [0.2, 0.25) is 0 Å². The number of rotatable bonds is 5. The standard InChI is InChI=1S/C13H22N2O2S2/c1-10-9-18-12(8-14-2)13(10)19(16,17)15(3)11-6-4-5-7-11/h9,11,14H,4-8H2,1-3H3. The van der Waals surface area contributed by atoms with E-state index in [0.717, 1.165) is 36.1 Å². The van der Waals surface area contributed by atoms with Crippen LogP contribution in [-0.2, 0) is 16.6 Å². The van der Waals surface area contributed by atoms with E-state index in [1.807, 2.05) is 19.4 Å². The van der Waals surface area contributed by atoms with Gasteiger partial charge in [0, 0.05) is 24.5 Å². The second kappa shape index (κ2) is 5.91. The molecule has 1 aliphatic rings. The third-order valence-electron chi connectivity index (χ3n) is 3.80. The van der Waals surface area contributed by atoms with Gasteiger partial charge < -0.3 is 5.32 Å². The summed E-state index contributed by atoms with van der Waals surface area (Å²) in [5.74, 6) is 0. The molecule has 1 aromatic heterocycles. The predicted molar refractivity (Wildman–Crippen MR) is 79.0 cm³/mol. The highest BCUT2D eigenvalue weighted by atomic mass is 32.2. The Morgan fingerprint density at radius 3 is 2.63 bits per heavy atom. The summed E-state index contributed by atoms with van der Waals surface area (Å²) < 4.78 is 27.2. The van der Waals surface area contributed by atoms with Crippen LogP contribution in [-0.4, -0.2) is 32.9 Å². The highest BCUT2D eigenvalue weighted by molar-refractivity contribution is 7.89. The van der Waals surface area contributed by atoms with Gasteiger partial charge in [0.2, 0.25) is 10.0 Å². The average Bonchev–Trinajstić information content (AvgIpc) is 2.98. The van der Waals surface area contributed by atoms with Crippen LogP contribution < -0.4 is 5.32 Å². The van der Waals surface area contributed by atoms with Crippen LogP contribution in [0, 0.1) is 6.92 Å². The Morgan fingerprint density at radius 1 is 1.42 bits per heavy atom. The molecule has 0 unspecified atom stereocenters. The van der Waals surface area contributed by atoms with Gasteiger partial charge in [0.25, 0.3) is 0 Å². The first-order valence-electron chi connectivity index (χ1n) is 6.68. The lowest BCUT2D eigenvalue weighted by Crippen LogP contribution is -2.35. The molecule has 1 heterocycles. The summed E-state index contributed by atoms with van der Waals surface area (Å²) in [6, 6.07) is 0.173. The molecule has 1 aliphatic carbocycles. The van der Waals surface area contributed by atoms with E-state index in [0.29, 0.717) is 11.4 Å². The number of aryl methyl sites for hydroxylation is 1. The van der Waals surface area contributed by atoms with Crippen LogP contribution >= 0.6 is 11.3 Å². The number of nitrogens with one attached hydrogen (secondary N) is 1. The maximum Gasteiger partial charge on any atom is 0.244 e. The van der Waals surface area contributed by atoms with Crippen LogP contribution in [0.25, 0.3) is 0 Å². The molecule has 1 saturated carbocycles. The smallest absolute Gasteiger partial charge is 0.244 e. The van der Waals surface area contributed by atoms with Crippen molar-refractivity contribution in [2.45, 2.75) is 50.1 Å². The zero-order chi connectivity index (χ0) is 14.0. The van der Waals surface area contributed by atoms with Crippen molar-refractivity contribution in [3.05, 3.63) is 15.8 Å². The minimum Gasteiger partial charge on any atom is -0.315 e. The Labute approximate surface area is 119 Å². The van der Waals surface area contributed by atoms with Crippen molar-refractivity contribution in [3.8, 4) is 0 Å². The molecule has 4 nitrogen and oxygen atoms in total. The van der Waals surface area contributed by atoms with Gasteiger partial charge in [0.1, 0.15) is 4.90 Å². The van der Waals surface area contributed by atoms with E-state index in [4.69, 9.17) is 0 Å². The monoisotopic (exact) mass is 302 g/mol. The maximum absolute atomic E-state index is 12.8. The Hall–Kier alpha value is -0.430. The molecular weight excluding hydrogens is 280 g/mol. The van der Waals surface area contributed by atoms with Gasteiger partial charge in [-0.2, -0.15) is 4.31 Å². The van der Waals surface area contributed by atoms with Crippen LogP contribution in [0.4, 0.5) is 0 Å². The Balaban J connectivity index is 2.35. The molecule has 0 radical (unpaired) electrons. The number of hydrogen-bond acceptors (Lipinski definition) is 4. The number of hydrogen-bond donors (Lipinski definition) is 1. The van der Waals surface area contributed by atoms with Crippen LogP contribution in [0.3, 0.4) is 0 Å². The van der Waals surface area contributed by atoms with Crippen LogP contribution in [0.15, 0.2) is 10.3 Å². The molecule has 2 rings (SSSR count). The second-order valence-electron chi connectivity index (χ2n) is 5.16. The van der Waals surface area contributed by atoms with E-state index in [-0.39, 0.29) is 6.04 Å². The lowest BCUT2D eigenvalue weighted by molar-refractivity contribution is 0.372. The molecule has 0 bridgehead atoms. The normalized spacial score (nSPS) is 17.5. The molecule has 0 aliphatic heterocycles. The first-order chi connectivity index (χ1) is 8.98. The lowest BCUT2D eigenvalue weighted by Gasteiger charge is -2.24. The highest BCUT2D eigenvalue weighted by Crippen LogP contribution is 2.32. The number of thiophene rings is 1. The van der Waals surface area contributed by atoms with Crippen LogP contribution in [0.5, 0.6) is 0 Å². The van der Waals surface area contributed by atoms with E-state index >= 15 is 0 Å². The number of nitrogens with zero attached hydrogens (tertiary/aromatic N) is 1. The van der Waals surface area contributed by atoms with E-state index < -0.39 is 10.0 Å². The molecule has 1 fully saturated rings. The van der Waals surface area contributed by atoms with E-state index in [9.17, 15) is 8.42 Å². The Kier molecular flexibility index (Phi) is 4.66. The number of sulfonamides is 1. The quantitative estimate of drug-likeness (QED) is 0.908. The van der Waals surface area contributed by atoms with Crippen molar-refractivity contribution in [1.82, 2.24) is 9.62 Å². The van der Waals surface area contributed by atoms with Gasteiger partial charge in [-0.25, -0.2) is 8.42 Å².